The second kappa shape index (κ2) is 7.88. The van der Waals surface area contributed by atoms with Crippen molar-refractivity contribution in [2.24, 2.45) is 16.2 Å². The van der Waals surface area contributed by atoms with E-state index in [0.717, 1.165) is 0 Å². The number of hydrogen-bond acceptors (Lipinski definition) is 6. The molecule has 0 radical (unpaired) electrons. The van der Waals surface area contributed by atoms with Gasteiger partial charge in [0.15, 0.2) is 0 Å². The van der Waals surface area contributed by atoms with Gasteiger partial charge in [-0.05, 0) is 0 Å². The van der Waals surface area contributed by atoms with Gasteiger partial charge in [-0.25, -0.2) is 0 Å². The maximum Gasteiger partial charge on any atom is 0.406 e. The molecular weight excluding hydrogens is 338 g/mol. The predicted molar refractivity (Wildman–Crippen MR) is 97.0 cm³/mol. The van der Waals surface area contributed by atoms with Gasteiger partial charge in [0.2, 0.25) is 0 Å². The minimum atomic E-state index is -3.43. The Kier molecular flexibility index (Phi) is 8.10. The Morgan fingerprint density at radius 2 is 0.870 bits per heavy atom. The standard InChI is InChI=1S/C15H36O6P2/c1-13(2,3)11-22(16,17)20-9-15(7,8)10-21-23(18,19)12-14(4,5)6/h16-19H,9-12H2,1-8H3/q+2. The van der Waals surface area contributed by atoms with Crippen LogP contribution in [-0.2, 0) is 9.05 Å². The molecule has 0 unspecified atom stereocenters. The largest absolute Gasteiger partial charge is 0.406 e. The minimum Gasteiger partial charge on any atom is -0.193 e. The smallest absolute Gasteiger partial charge is 0.193 e. The first-order valence-electron chi connectivity index (χ1n) is 7.79. The first-order valence-corrected chi connectivity index (χ1v) is 11.4. The van der Waals surface area contributed by atoms with Crippen LogP contribution in [0.3, 0.4) is 0 Å². The highest BCUT2D eigenvalue weighted by Gasteiger charge is 2.45. The summed E-state index contributed by atoms with van der Waals surface area (Å²) in [6.07, 6.45) is 0.357. The highest BCUT2D eigenvalue weighted by molar-refractivity contribution is 7.59. The molecule has 0 heterocycles. The van der Waals surface area contributed by atoms with Gasteiger partial charge in [0.25, 0.3) is 0 Å². The molecule has 0 aromatic carbocycles. The van der Waals surface area contributed by atoms with Crippen molar-refractivity contribution >= 4 is 15.9 Å². The third-order valence-corrected chi connectivity index (χ3v) is 6.49. The Labute approximate surface area is 142 Å². The maximum atomic E-state index is 10.0. The Bertz CT molecular complexity index is 335. The summed E-state index contributed by atoms with van der Waals surface area (Å²) >= 11 is 0. The van der Waals surface area contributed by atoms with Gasteiger partial charge >= 0.3 is 15.9 Å². The van der Waals surface area contributed by atoms with Gasteiger partial charge < -0.3 is 0 Å². The number of hydrogen-bond donors (Lipinski definition) is 4. The molecule has 0 aromatic rings. The summed E-state index contributed by atoms with van der Waals surface area (Å²) in [6.45, 7) is 15.2. The quantitative estimate of drug-likeness (QED) is 0.484. The van der Waals surface area contributed by atoms with Gasteiger partial charge in [0, 0.05) is 16.2 Å². The summed E-state index contributed by atoms with van der Waals surface area (Å²) < 4.78 is 10.7. The van der Waals surface area contributed by atoms with Crippen molar-refractivity contribution in [2.45, 2.75) is 55.4 Å². The summed E-state index contributed by atoms with van der Waals surface area (Å²) in [6, 6.07) is 0. The molecule has 6 nitrogen and oxygen atoms in total. The lowest BCUT2D eigenvalue weighted by Crippen LogP contribution is -2.28. The molecule has 0 rings (SSSR count). The lowest BCUT2D eigenvalue weighted by molar-refractivity contribution is 0.0789. The van der Waals surface area contributed by atoms with E-state index in [0.29, 0.717) is 0 Å². The topological polar surface area (TPSA) is 99.4 Å². The molecule has 0 bridgehead atoms. The van der Waals surface area contributed by atoms with Gasteiger partial charge in [-0.1, -0.05) is 55.4 Å². The van der Waals surface area contributed by atoms with E-state index in [1.54, 1.807) is 0 Å². The van der Waals surface area contributed by atoms with E-state index in [9.17, 15) is 19.6 Å². The lowest BCUT2D eigenvalue weighted by Gasteiger charge is -2.27. The Morgan fingerprint density at radius 3 is 1.09 bits per heavy atom. The van der Waals surface area contributed by atoms with E-state index in [1.165, 1.54) is 0 Å². The predicted octanol–water partition coefficient (Wildman–Crippen LogP) is 3.63. The molecule has 0 aliphatic rings. The highest BCUT2D eigenvalue weighted by atomic mass is 31.2. The first kappa shape index (κ1) is 23.6. The van der Waals surface area contributed by atoms with Crippen LogP contribution in [0.25, 0.3) is 0 Å². The second-order valence-electron chi connectivity index (χ2n) is 9.48. The molecule has 0 aromatic heterocycles. The van der Waals surface area contributed by atoms with Crippen LogP contribution in [0.4, 0.5) is 0 Å². The molecule has 8 heteroatoms. The van der Waals surface area contributed by atoms with Crippen LogP contribution in [0.15, 0.2) is 0 Å². The third-order valence-electron chi connectivity index (χ3n) is 2.68. The molecule has 0 saturated heterocycles. The fourth-order valence-corrected chi connectivity index (χ4v) is 5.69. The van der Waals surface area contributed by atoms with Crippen LogP contribution in [-0.4, -0.2) is 45.1 Å². The van der Waals surface area contributed by atoms with E-state index in [2.05, 4.69) is 0 Å². The normalized spacial score (nSPS) is 15.1. The average Bonchev–Trinajstić information content (AvgIpc) is 2.18. The monoisotopic (exact) mass is 374 g/mol. The molecule has 0 atom stereocenters. The van der Waals surface area contributed by atoms with Gasteiger partial charge in [0.05, 0.1) is 0 Å². The van der Waals surface area contributed by atoms with Crippen molar-refractivity contribution < 1.29 is 28.6 Å². The second-order valence-corrected chi connectivity index (χ2v) is 13.3. The van der Waals surface area contributed by atoms with Crippen molar-refractivity contribution in [3.63, 3.8) is 0 Å². The van der Waals surface area contributed by atoms with Crippen LogP contribution >= 0.6 is 15.9 Å². The zero-order valence-electron chi connectivity index (χ0n) is 15.8. The van der Waals surface area contributed by atoms with Crippen LogP contribution < -0.4 is 0 Å². The molecule has 0 amide bonds. The van der Waals surface area contributed by atoms with E-state index >= 15 is 0 Å². The molecule has 4 N–H and O–H groups in total. The van der Waals surface area contributed by atoms with Crippen molar-refractivity contribution in [3.8, 4) is 0 Å². The number of rotatable bonds is 8. The van der Waals surface area contributed by atoms with Crippen molar-refractivity contribution in [2.75, 3.05) is 25.5 Å². The van der Waals surface area contributed by atoms with Gasteiger partial charge in [0.1, 0.15) is 25.5 Å². The van der Waals surface area contributed by atoms with Gasteiger partial charge in [-0.15, -0.1) is 0 Å². The molecule has 0 aliphatic heterocycles. The summed E-state index contributed by atoms with van der Waals surface area (Å²) in [5.41, 5.74) is -1.06. The van der Waals surface area contributed by atoms with Crippen LogP contribution in [0, 0.1) is 16.2 Å². The molecule has 0 aliphatic carbocycles. The molecule has 0 fully saturated rings. The van der Waals surface area contributed by atoms with E-state index in [1.807, 2.05) is 55.4 Å². The summed E-state index contributed by atoms with van der Waals surface area (Å²) in [4.78, 5) is 40.0. The molecule has 140 valence electrons. The molecule has 23 heavy (non-hydrogen) atoms. The highest BCUT2D eigenvalue weighted by Crippen LogP contribution is 2.57. The van der Waals surface area contributed by atoms with Gasteiger partial charge in [-0.2, -0.15) is 28.6 Å². The third kappa shape index (κ3) is 13.6. The van der Waals surface area contributed by atoms with Crippen LogP contribution in [0.1, 0.15) is 55.4 Å². The zero-order valence-corrected chi connectivity index (χ0v) is 17.6. The zero-order chi connectivity index (χ0) is 18.7. The van der Waals surface area contributed by atoms with E-state index in [4.69, 9.17) is 9.05 Å². The SMILES string of the molecule is CC(C)(C)C[P+](O)(O)OCC(C)(C)CO[P+](O)(O)CC(C)(C)C. The van der Waals surface area contributed by atoms with Crippen molar-refractivity contribution in [1.82, 2.24) is 0 Å². The Morgan fingerprint density at radius 1 is 0.609 bits per heavy atom. The molecular formula is C15H36O6P2+2. The Balaban J connectivity index is 4.49. The summed E-state index contributed by atoms with van der Waals surface area (Å²) in [5, 5.41) is 0. The van der Waals surface area contributed by atoms with Crippen molar-refractivity contribution in [3.05, 3.63) is 0 Å². The fourth-order valence-electron chi connectivity index (χ4n) is 1.93. The fraction of sp³-hybridized carbons (Fsp3) is 1.00. The van der Waals surface area contributed by atoms with Crippen LogP contribution in [0.2, 0.25) is 0 Å². The first-order chi connectivity index (χ1) is 9.83. The molecule has 0 saturated carbocycles. The minimum absolute atomic E-state index is 0.0688. The van der Waals surface area contributed by atoms with E-state index in [-0.39, 0.29) is 36.4 Å². The lowest BCUT2D eigenvalue weighted by atomic mass is 9.97. The van der Waals surface area contributed by atoms with Crippen molar-refractivity contribution in [1.29, 1.82) is 0 Å². The maximum absolute atomic E-state index is 10.0. The summed E-state index contributed by atoms with van der Waals surface area (Å²) in [5.74, 6) is 0. The molecule has 0 spiro atoms. The van der Waals surface area contributed by atoms with E-state index < -0.39 is 21.3 Å². The summed E-state index contributed by atoms with van der Waals surface area (Å²) in [7, 11) is -6.86. The average molecular weight is 374 g/mol. The Hall–Kier alpha value is 0.620. The van der Waals surface area contributed by atoms with Crippen LogP contribution in [0.5, 0.6) is 0 Å². The van der Waals surface area contributed by atoms with Gasteiger partial charge in [-0.3, -0.25) is 0 Å².